The number of para-hydroxylation sites is 1. The Kier molecular flexibility index (Phi) is 3.44. The van der Waals surface area contributed by atoms with Gasteiger partial charge in [-0.05, 0) is 31.0 Å². The molecule has 0 saturated carbocycles. The Balaban J connectivity index is 1.45. The molecule has 0 spiro atoms. The van der Waals surface area contributed by atoms with Crippen LogP contribution in [-0.4, -0.2) is 48.7 Å². The largest absolute Gasteiger partial charge is 0.338 e. The van der Waals surface area contributed by atoms with E-state index in [4.69, 9.17) is 0 Å². The van der Waals surface area contributed by atoms with Crippen molar-refractivity contribution in [3.05, 3.63) is 60.2 Å². The van der Waals surface area contributed by atoms with Crippen LogP contribution in [0.15, 0.2) is 48.8 Å². The fourth-order valence-corrected chi connectivity index (χ4v) is 3.83. The fourth-order valence-electron chi connectivity index (χ4n) is 3.83. The van der Waals surface area contributed by atoms with E-state index in [1.807, 2.05) is 51.9 Å². The quantitative estimate of drug-likeness (QED) is 0.605. The Labute approximate surface area is 149 Å². The van der Waals surface area contributed by atoms with E-state index in [2.05, 4.69) is 20.4 Å². The van der Waals surface area contributed by atoms with Crippen LogP contribution >= 0.6 is 0 Å². The maximum atomic E-state index is 13.1. The van der Waals surface area contributed by atoms with Gasteiger partial charge < -0.3 is 4.90 Å². The second kappa shape index (κ2) is 5.94. The van der Waals surface area contributed by atoms with Gasteiger partial charge in [0.2, 0.25) is 0 Å². The van der Waals surface area contributed by atoms with Crippen molar-refractivity contribution >= 4 is 22.5 Å². The Hall–Kier alpha value is -3.22. The normalized spacial score (nSPS) is 17.8. The van der Waals surface area contributed by atoms with Gasteiger partial charge in [0.15, 0.2) is 5.65 Å². The zero-order valence-electron chi connectivity index (χ0n) is 14.2. The lowest BCUT2D eigenvalue weighted by Crippen LogP contribution is -2.39. The molecule has 0 bridgehead atoms. The number of piperidine rings is 1. The third kappa shape index (κ3) is 2.35. The van der Waals surface area contributed by atoms with Gasteiger partial charge in [0.05, 0.1) is 17.3 Å². The average molecular weight is 346 g/mol. The van der Waals surface area contributed by atoms with Gasteiger partial charge in [-0.25, -0.2) is 0 Å². The molecular weight excluding hydrogens is 328 g/mol. The number of fused-ring (bicyclic) bond motifs is 2. The van der Waals surface area contributed by atoms with Gasteiger partial charge >= 0.3 is 0 Å². The Morgan fingerprint density at radius 3 is 3.08 bits per heavy atom. The van der Waals surface area contributed by atoms with E-state index in [1.165, 1.54) is 0 Å². The van der Waals surface area contributed by atoms with Crippen LogP contribution in [0.4, 0.5) is 0 Å². The molecule has 0 aliphatic carbocycles. The lowest BCUT2D eigenvalue weighted by Gasteiger charge is -2.32. The van der Waals surface area contributed by atoms with Gasteiger partial charge in [0.25, 0.3) is 5.91 Å². The first kappa shape index (κ1) is 15.1. The van der Waals surface area contributed by atoms with Crippen LogP contribution < -0.4 is 0 Å². The number of hydrogen-bond acceptors (Lipinski definition) is 4. The number of H-pyrrole nitrogens is 1. The number of likely N-dealkylation sites (tertiary alicyclic amines) is 1. The molecule has 3 aromatic heterocycles. The van der Waals surface area contributed by atoms with Crippen molar-refractivity contribution in [3.63, 3.8) is 0 Å². The number of carbonyl (C=O) groups is 1. The van der Waals surface area contributed by atoms with Crippen molar-refractivity contribution < 1.29 is 4.79 Å². The first-order valence-electron chi connectivity index (χ1n) is 8.82. The predicted molar refractivity (Wildman–Crippen MR) is 97.0 cm³/mol. The van der Waals surface area contributed by atoms with Crippen LogP contribution in [0.25, 0.3) is 16.6 Å². The maximum Gasteiger partial charge on any atom is 0.256 e. The van der Waals surface area contributed by atoms with Gasteiger partial charge in [0.1, 0.15) is 5.82 Å². The van der Waals surface area contributed by atoms with Crippen molar-refractivity contribution in [2.24, 2.45) is 0 Å². The Morgan fingerprint density at radius 2 is 2.12 bits per heavy atom. The molecule has 26 heavy (non-hydrogen) atoms. The van der Waals surface area contributed by atoms with Gasteiger partial charge in [-0.2, -0.15) is 5.10 Å². The van der Waals surface area contributed by atoms with Crippen molar-refractivity contribution in [1.29, 1.82) is 0 Å². The molecule has 0 radical (unpaired) electrons. The standard InChI is InChI=1S/C19H18N6O/c26-19(15-7-3-5-13-11-20-22-17(13)15)24-9-4-6-14(12-24)18-23-21-16-8-1-2-10-25(16)18/h1-3,5,7-8,10-11,14H,4,6,9,12H2,(H,20,22). The van der Waals surface area contributed by atoms with Crippen LogP contribution in [-0.2, 0) is 0 Å². The van der Waals surface area contributed by atoms with E-state index < -0.39 is 0 Å². The van der Waals surface area contributed by atoms with Gasteiger partial charge in [-0.15, -0.1) is 10.2 Å². The van der Waals surface area contributed by atoms with Crippen molar-refractivity contribution in [1.82, 2.24) is 29.7 Å². The number of pyridine rings is 1. The molecule has 1 aliphatic heterocycles. The van der Waals surface area contributed by atoms with Crippen LogP contribution in [0.1, 0.15) is 34.9 Å². The zero-order valence-corrected chi connectivity index (χ0v) is 14.2. The average Bonchev–Trinajstić information content (AvgIpc) is 3.34. The minimum absolute atomic E-state index is 0.0402. The summed E-state index contributed by atoms with van der Waals surface area (Å²) in [6, 6.07) is 11.6. The summed E-state index contributed by atoms with van der Waals surface area (Å²) in [6.07, 6.45) is 5.69. The minimum atomic E-state index is 0.0402. The van der Waals surface area contributed by atoms with Crippen LogP contribution in [0, 0.1) is 0 Å². The molecule has 7 nitrogen and oxygen atoms in total. The summed E-state index contributed by atoms with van der Waals surface area (Å²) in [5, 5.41) is 16.6. The highest BCUT2D eigenvalue weighted by Gasteiger charge is 2.29. The molecule has 1 atom stereocenters. The number of nitrogens with one attached hydrogen (secondary N) is 1. The second-order valence-electron chi connectivity index (χ2n) is 6.72. The highest BCUT2D eigenvalue weighted by atomic mass is 16.2. The first-order valence-corrected chi connectivity index (χ1v) is 8.82. The lowest BCUT2D eigenvalue weighted by molar-refractivity contribution is 0.0706. The molecule has 1 aromatic carbocycles. The smallest absolute Gasteiger partial charge is 0.256 e. The number of benzene rings is 1. The number of carbonyl (C=O) groups excluding carboxylic acids is 1. The van der Waals surface area contributed by atoms with Crippen LogP contribution in [0.5, 0.6) is 0 Å². The number of aromatic amines is 1. The van der Waals surface area contributed by atoms with E-state index in [0.717, 1.165) is 41.8 Å². The molecule has 5 rings (SSSR count). The topological polar surface area (TPSA) is 79.2 Å². The lowest BCUT2D eigenvalue weighted by atomic mass is 9.96. The maximum absolute atomic E-state index is 13.1. The number of aromatic nitrogens is 5. The molecule has 1 amide bonds. The molecule has 1 fully saturated rings. The SMILES string of the molecule is O=C(c1cccc2cn[nH]c12)N1CCCC(c2nnc3ccccn23)C1. The summed E-state index contributed by atoms with van der Waals surface area (Å²) >= 11 is 0. The predicted octanol–water partition coefficient (Wildman–Crippen LogP) is 2.63. The minimum Gasteiger partial charge on any atom is -0.338 e. The van der Waals surface area contributed by atoms with E-state index in [0.29, 0.717) is 12.1 Å². The number of nitrogens with zero attached hydrogens (tertiary/aromatic N) is 5. The zero-order chi connectivity index (χ0) is 17.5. The summed E-state index contributed by atoms with van der Waals surface area (Å²) in [5.41, 5.74) is 2.31. The highest BCUT2D eigenvalue weighted by molar-refractivity contribution is 6.05. The van der Waals surface area contributed by atoms with Gasteiger partial charge in [-0.1, -0.05) is 18.2 Å². The molecular formula is C19H18N6O. The number of hydrogen-bond donors (Lipinski definition) is 1. The first-order chi connectivity index (χ1) is 12.8. The van der Waals surface area contributed by atoms with Crippen LogP contribution in [0.2, 0.25) is 0 Å². The van der Waals surface area contributed by atoms with Gasteiger partial charge in [0, 0.05) is 30.6 Å². The van der Waals surface area contributed by atoms with Crippen molar-refractivity contribution in [2.45, 2.75) is 18.8 Å². The summed E-state index contributed by atoms with van der Waals surface area (Å²) in [4.78, 5) is 15.1. The molecule has 1 aliphatic rings. The molecule has 130 valence electrons. The van der Waals surface area contributed by atoms with Crippen molar-refractivity contribution in [3.8, 4) is 0 Å². The second-order valence-corrected chi connectivity index (χ2v) is 6.72. The molecule has 1 saturated heterocycles. The Bertz CT molecular complexity index is 1100. The van der Waals surface area contributed by atoms with E-state index >= 15 is 0 Å². The summed E-state index contributed by atoms with van der Waals surface area (Å²) < 4.78 is 2.02. The number of rotatable bonds is 2. The molecule has 1 unspecified atom stereocenters. The molecule has 1 N–H and O–H groups in total. The van der Waals surface area contributed by atoms with Crippen LogP contribution in [0.3, 0.4) is 0 Å². The molecule has 4 heterocycles. The van der Waals surface area contributed by atoms with E-state index in [1.54, 1.807) is 6.20 Å². The number of amides is 1. The third-order valence-electron chi connectivity index (χ3n) is 5.12. The van der Waals surface area contributed by atoms with Crippen molar-refractivity contribution in [2.75, 3.05) is 13.1 Å². The summed E-state index contributed by atoms with van der Waals surface area (Å²) in [6.45, 7) is 1.41. The summed E-state index contributed by atoms with van der Waals surface area (Å²) in [7, 11) is 0. The molecule has 4 aromatic rings. The Morgan fingerprint density at radius 1 is 1.15 bits per heavy atom. The fraction of sp³-hybridized carbons (Fsp3) is 0.263. The van der Waals surface area contributed by atoms with E-state index in [9.17, 15) is 4.79 Å². The molecule has 7 heteroatoms. The highest BCUT2D eigenvalue weighted by Crippen LogP contribution is 2.28. The van der Waals surface area contributed by atoms with Gasteiger partial charge in [-0.3, -0.25) is 14.3 Å². The third-order valence-corrected chi connectivity index (χ3v) is 5.12. The summed E-state index contributed by atoms with van der Waals surface area (Å²) in [5.74, 6) is 1.15. The van der Waals surface area contributed by atoms with E-state index in [-0.39, 0.29) is 11.8 Å². The monoisotopic (exact) mass is 346 g/mol.